The number of nitrogens with two attached hydrogens (primary N) is 1. The smallest absolute Gasteiger partial charge is 0.347 e. The minimum Gasteiger partial charge on any atom is -0.543 e. The predicted molar refractivity (Wildman–Crippen MR) is 164 cm³/mol. The van der Waals surface area contributed by atoms with Crippen LogP contribution in [0.1, 0.15) is 19.0 Å². The molecular weight excluding hydrogens is 648 g/mol. The van der Waals surface area contributed by atoms with E-state index in [2.05, 4.69) is 25.3 Å². The van der Waals surface area contributed by atoms with Crippen molar-refractivity contribution in [1.29, 1.82) is 0 Å². The Morgan fingerprint density at radius 3 is 2.82 bits per heavy atom. The fraction of sp³-hybridized carbons (Fsp3) is 0.370. The molecule has 0 spiro atoms. The molecule has 238 valence electrons. The second-order valence-electron chi connectivity index (χ2n) is 10.2. The molecule has 0 saturated carbocycles. The summed E-state index contributed by atoms with van der Waals surface area (Å²) in [7, 11) is 1.90. The number of hydrogen-bond donors (Lipinski definition) is 4. The number of carboxylic acids is 2. The fourth-order valence-electron chi connectivity index (χ4n) is 5.02. The molecule has 3 aromatic rings. The van der Waals surface area contributed by atoms with E-state index in [1.165, 1.54) is 18.7 Å². The zero-order chi connectivity index (χ0) is 32.4. The monoisotopic (exact) mass is 676 g/mol. The maximum absolute atomic E-state index is 13.3. The lowest BCUT2D eigenvalue weighted by Gasteiger charge is -2.50. The summed E-state index contributed by atoms with van der Waals surface area (Å²) in [5, 5.41) is 30.1. The first-order valence-corrected chi connectivity index (χ1v) is 16.0. The molecule has 0 aliphatic carbocycles. The van der Waals surface area contributed by atoms with Gasteiger partial charge in [0.1, 0.15) is 27.0 Å². The Balaban J connectivity index is 1.36. The fourth-order valence-corrected chi connectivity index (χ4v) is 7.28. The number of aromatic nitrogens is 3. The number of nitrogens with one attached hydrogen (secondary N) is 2. The first-order valence-electron chi connectivity index (χ1n) is 13.7. The number of thioether (sulfide) groups is 1. The van der Waals surface area contributed by atoms with Crippen LogP contribution in [0.15, 0.2) is 47.0 Å². The molecule has 5 N–H and O–H groups in total. The van der Waals surface area contributed by atoms with Crippen LogP contribution >= 0.6 is 34.7 Å². The summed E-state index contributed by atoms with van der Waals surface area (Å²) in [6.45, 7) is 3.10. The maximum Gasteiger partial charge on any atom is 0.347 e. The molecule has 2 aliphatic heterocycles. The van der Waals surface area contributed by atoms with Crippen LogP contribution in [0.2, 0.25) is 4.34 Å². The molecule has 3 atom stereocenters. The first kappa shape index (κ1) is 32.2. The van der Waals surface area contributed by atoms with Crippen molar-refractivity contribution in [3.63, 3.8) is 0 Å². The molecule has 15 nitrogen and oxygen atoms in total. The summed E-state index contributed by atoms with van der Waals surface area (Å²) in [4.78, 5) is 60.2. The molecule has 18 heteroatoms. The molecule has 1 fully saturated rings. The van der Waals surface area contributed by atoms with E-state index in [0.717, 1.165) is 46.8 Å². The van der Waals surface area contributed by atoms with Gasteiger partial charge in [-0.3, -0.25) is 14.5 Å². The van der Waals surface area contributed by atoms with E-state index in [4.69, 9.17) is 27.3 Å². The number of thiazole rings is 1. The van der Waals surface area contributed by atoms with Crippen LogP contribution in [0.4, 0.5) is 5.13 Å². The van der Waals surface area contributed by atoms with Gasteiger partial charge in [0, 0.05) is 36.2 Å². The number of anilines is 1. The third kappa shape index (κ3) is 6.47. The summed E-state index contributed by atoms with van der Waals surface area (Å²) < 4.78 is 4.05. The first-order chi connectivity index (χ1) is 21.5. The van der Waals surface area contributed by atoms with Crippen molar-refractivity contribution in [3.8, 4) is 0 Å². The number of rotatable bonds is 13. The number of aryl methyl sites for hydroxylation is 1. The lowest BCUT2D eigenvalue weighted by Crippen LogP contribution is -2.71. The molecule has 3 aromatic heterocycles. The summed E-state index contributed by atoms with van der Waals surface area (Å²) in [6.07, 6.45) is 3.37. The Morgan fingerprint density at radius 1 is 1.38 bits per heavy atom. The Hall–Kier alpha value is -4.19. The number of fused-ring (bicyclic) bond motifs is 2. The zero-order valence-corrected chi connectivity index (χ0v) is 26.4. The van der Waals surface area contributed by atoms with E-state index in [9.17, 15) is 24.3 Å². The van der Waals surface area contributed by atoms with Gasteiger partial charge in [0.15, 0.2) is 23.6 Å². The minimum absolute atomic E-state index is 0.00535. The van der Waals surface area contributed by atoms with Crippen molar-refractivity contribution >= 4 is 80.3 Å². The molecule has 5 rings (SSSR count). The van der Waals surface area contributed by atoms with Gasteiger partial charge in [0.05, 0.1) is 11.7 Å². The molecule has 45 heavy (non-hydrogen) atoms. The van der Waals surface area contributed by atoms with E-state index in [-0.39, 0.29) is 33.2 Å². The number of nitrogen functional groups attached to an aromatic ring is 1. The molecule has 1 saturated heterocycles. The number of aliphatic carboxylic acids is 2. The van der Waals surface area contributed by atoms with Crippen molar-refractivity contribution in [2.75, 3.05) is 25.1 Å². The molecule has 2 amide bonds. The van der Waals surface area contributed by atoms with Crippen molar-refractivity contribution in [3.05, 3.63) is 51.9 Å². The number of oxime groups is 1. The molecule has 0 bridgehead atoms. The number of carbonyl (C=O) groups is 4. The van der Waals surface area contributed by atoms with E-state index in [0.29, 0.717) is 5.57 Å². The van der Waals surface area contributed by atoms with Crippen LogP contribution in [-0.2, 0) is 37.1 Å². The third-order valence-electron chi connectivity index (χ3n) is 7.22. The van der Waals surface area contributed by atoms with Crippen LogP contribution in [0.5, 0.6) is 0 Å². The SMILES string of the molecule is CNCCCn1ccc2c1ccc[n+]2CC1=C(C(=O)[O-])N2C(=O)C(NC(=O)/C(=N\O[C@@H](C)C(=O)O)c3nc(N)sc3Cl)C2SC1. The number of nitrogens with zero attached hydrogens (tertiary/aromatic N) is 5. The summed E-state index contributed by atoms with van der Waals surface area (Å²) in [5.74, 6) is -4.19. The number of carbonyl (C=O) groups excluding carboxylic acids is 3. The number of halogens is 1. The van der Waals surface area contributed by atoms with Crippen LogP contribution in [0.25, 0.3) is 11.0 Å². The zero-order valence-electron chi connectivity index (χ0n) is 24.1. The van der Waals surface area contributed by atoms with Gasteiger partial charge in [-0.15, -0.1) is 11.8 Å². The van der Waals surface area contributed by atoms with Gasteiger partial charge < -0.3 is 40.8 Å². The van der Waals surface area contributed by atoms with E-state index < -0.39 is 47.0 Å². The average Bonchev–Trinajstić information content (AvgIpc) is 3.57. The highest BCUT2D eigenvalue weighted by molar-refractivity contribution is 8.00. The van der Waals surface area contributed by atoms with Crippen LogP contribution in [0.3, 0.4) is 0 Å². The largest absolute Gasteiger partial charge is 0.543 e. The van der Waals surface area contributed by atoms with Gasteiger partial charge in [-0.1, -0.05) is 28.1 Å². The van der Waals surface area contributed by atoms with Crippen LogP contribution in [-0.4, -0.2) is 85.9 Å². The number of carboxylic acid groups (broad SMARTS) is 2. The molecule has 0 radical (unpaired) electrons. The summed E-state index contributed by atoms with van der Waals surface area (Å²) >= 11 is 8.31. The van der Waals surface area contributed by atoms with Crippen molar-refractivity contribution in [1.82, 2.24) is 25.1 Å². The van der Waals surface area contributed by atoms with Crippen molar-refractivity contribution in [2.45, 2.75) is 44.0 Å². The number of hydrogen-bond acceptors (Lipinski definition) is 12. The highest BCUT2D eigenvalue weighted by Crippen LogP contribution is 2.40. The van der Waals surface area contributed by atoms with Crippen LogP contribution in [0, 0.1) is 0 Å². The molecular formula is C27H29ClN8O7S2. The quantitative estimate of drug-likeness (QED) is 0.0598. The molecule has 0 aromatic carbocycles. The van der Waals surface area contributed by atoms with E-state index in [1.807, 2.05) is 42.2 Å². The Labute approximate surface area is 269 Å². The van der Waals surface area contributed by atoms with Crippen molar-refractivity contribution < 1.29 is 38.8 Å². The van der Waals surface area contributed by atoms with Gasteiger partial charge in [-0.2, -0.15) is 4.57 Å². The maximum atomic E-state index is 13.3. The van der Waals surface area contributed by atoms with E-state index >= 15 is 0 Å². The highest BCUT2D eigenvalue weighted by Gasteiger charge is 2.53. The van der Waals surface area contributed by atoms with Gasteiger partial charge in [0.25, 0.3) is 11.8 Å². The average molecular weight is 677 g/mol. The normalized spacial score (nSPS) is 18.9. The lowest BCUT2D eigenvalue weighted by molar-refractivity contribution is -0.663. The van der Waals surface area contributed by atoms with Crippen LogP contribution < -0.4 is 26.0 Å². The van der Waals surface area contributed by atoms with Gasteiger partial charge in [-0.05, 0) is 33.0 Å². The second kappa shape index (κ2) is 13.4. The standard InChI is InChI=1S/C27H29ClN8O7S2/c1-13(25(39)40)43-33-18(17-21(28)45-27(29)32-17)22(37)31-19-23(38)36-20(26(41)42)14(12-44-24(19)36)11-35-8-3-5-15-16(35)6-10-34(15)9-4-7-30-2/h3,5-6,8,10,13,19,24,30H,4,7,9,11-12H2,1-2H3,(H4-,29,31,32,37,39,40,41,42)/b33-18-/t13-,19?,24?/m0/s1. The Kier molecular flexibility index (Phi) is 9.62. The Bertz CT molecular complexity index is 1740. The molecule has 2 aliphatic rings. The second-order valence-corrected chi connectivity index (χ2v) is 12.9. The van der Waals surface area contributed by atoms with Gasteiger partial charge in [-0.25, -0.2) is 9.78 Å². The third-order valence-corrected chi connectivity index (χ3v) is 9.64. The topological polar surface area (TPSA) is 208 Å². The lowest BCUT2D eigenvalue weighted by atomic mass is 10.0. The molecule has 5 heterocycles. The van der Waals surface area contributed by atoms with E-state index in [1.54, 1.807) is 0 Å². The summed E-state index contributed by atoms with van der Waals surface area (Å²) in [6, 6.07) is 4.72. The van der Waals surface area contributed by atoms with Gasteiger partial charge >= 0.3 is 5.97 Å². The number of β-lactam (4-membered cyclic amide) rings is 1. The predicted octanol–water partition coefficient (Wildman–Crippen LogP) is -0.472. The highest BCUT2D eigenvalue weighted by atomic mass is 35.5. The Morgan fingerprint density at radius 2 is 2.16 bits per heavy atom. The van der Waals surface area contributed by atoms with Gasteiger partial charge in [0.2, 0.25) is 11.6 Å². The van der Waals surface area contributed by atoms with Crippen molar-refractivity contribution in [2.24, 2.45) is 5.16 Å². The minimum atomic E-state index is -1.51. The number of amides is 2. The summed E-state index contributed by atoms with van der Waals surface area (Å²) in [5.41, 5.74) is 7.20. The molecule has 2 unspecified atom stereocenters. The number of pyridine rings is 1.